The van der Waals surface area contributed by atoms with Gasteiger partial charge in [-0.1, -0.05) is 27.7 Å². The van der Waals surface area contributed by atoms with E-state index in [2.05, 4.69) is 33.0 Å². The van der Waals surface area contributed by atoms with Gasteiger partial charge in [0.05, 0.1) is 0 Å². The lowest BCUT2D eigenvalue weighted by atomic mass is 9.69. The highest BCUT2D eigenvalue weighted by atomic mass is 16.1. The van der Waals surface area contributed by atoms with E-state index in [1.54, 1.807) is 0 Å². The van der Waals surface area contributed by atoms with E-state index in [9.17, 15) is 4.79 Å². The molecule has 1 aliphatic carbocycles. The number of rotatable bonds is 6. The van der Waals surface area contributed by atoms with Gasteiger partial charge in [0, 0.05) is 12.5 Å². The molecule has 1 aliphatic rings. The number of hydrogen-bond donors (Lipinski definition) is 2. The maximum atomic E-state index is 12.1. The smallest absolute Gasteiger partial charge is 0.223 e. The van der Waals surface area contributed by atoms with Crippen molar-refractivity contribution in [2.45, 2.75) is 66.2 Å². The topological polar surface area (TPSA) is 55.1 Å². The Morgan fingerprint density at radius 1 is 1.25 bits per heavy atom. The van der Waals surface area contributed by atoms with E-state index in [1.807, 2.05) is 0 Å². The van der Waals surface area contributed by atoms with Crippen molar-refractivity contribution in [1.29, 1.82) is 0 Å². The lowest BCUT2D eigenvalue weighted by molar-refractivity contribution is -0.126. The fourth-order valence-electron chi connectivity index (χ4n) is 3.15. The van der Waals surface area contributed by atoms with Crippen molar-refractivity contribution < 1.29 is 4.79 Å². The Balaban J connectivity index is 2.19. The second-order valence-corrected chi connectivity index (χ2v) is 7.69. The highest BCUT2D eigenvalue weighted by Crippen LogP contribution is 2.39. The van der Waals surface area contributed by atoms with Gasteiger partial charge >= 0.3 is 0 Å². The first-order valence-corrected chi connectivity index (χ1v) is 8.32. The molecule has 20 heavy (non-hydrogen) atoms. The first-order chi connectivity index (χ1) is 9.34. The van der Waals surface area contributed by atoms with Crippen molar-refractivity contribution in [2.75, 3.05) is 13.1 Å². The molecule has 0 spiro atoms. The van der Waals surface area contributed by atoms with Crippen molar-refractivity contribution in [3.63, 3.8) is 0 Å². The van der Waals surface area contributed by atoms with Crippen molar-refractivity contribution in [3.8, 4) is 0 Å². The summed E-state index contributed by atoms with van der Waals surface area (Å²) in [6, 6.07) is 0. The summed E-state index contributed by atoms with van der Waals surface area (Å²) in [5, 5.41) is 3.11. The first kappa shape index (κ1) is 17.5. The van der Waals surface area contributed by atoms with Crippen LogP contribution in [0.5, 0.6) is 0 Å². The quantitative estimate of drug-likeness (QED) is 0.734. The molecule has 0 aromatic rings. The van der Waals surface area contributed by atoms with Crippen LogP contribution >= 0.6 is 0 Å². The summed E-state index contributed by atoms with van der Waals surface area (Å²) < 4.78 is 0. The van der Waals surface area contributed by atoms with Crippen LogP contribution in [0.2, 0.25) is 0 Å². The molecule has 3 nitrogen and oxygen atoms in total. The minimum Gasteiger partial charge on any atom is -0.356 e. The monoisotopic (exact) mass is 282 g/mol. The fourth-order valence-corrected chi connectivity index (χ4v) is 3.15. The molecule has 3 heteroatoms. The molecule has 0 aromatic heterocycles. The lowest BCUT2D eigenvalue weighted by Gasteiger charge is -2.36. The predicted molar refractivity (Wildman–Crippen MR) is 85.4 cm³/mol. The molecule has 0 heterocycles. The molecule has 1 rings (SSSR count). The van der Waals surface area contributed by atoms with Gasteiger partial charge in [0.1, 0.15) is 0 Å². The highest BCUT2D eigenvalue weighted by molar-refractivity contribution is 5.78. The molecule has 0 aromatic carbocycles. The number of carbonyl (C=O) groups is 1. The van der Waals surface area contributed by atoms with Gasteiger partial charge in [0.2, 0.25) is 5.91 Å². The number of nitrogens with two attached hydrogens (primary N) is 1. The number of nitrogens with one attached hydrogen (secondary N) is 1. The van der Waals surface area contributed by atoms with Crippen LogP contribution in [0, 0.1) is 23.2 Å². The van der Waals surface area contributed by atoms with Crippen molar-refractivity contribution in [1.82, 2.24) is 5.32 Å². The zero-order valence-electron chi connectivity index (χ0n) is 13.9. The molecule has 0 bridgehead atoms. The van der Waals surface area contributed by atoms with E-state index >= 15 is 0 Å². The predicted octanol–water partition coefficient (Wildman–Crippen LogP) is 3.33. The summed E-state index contributed by atoms with van der Waals surface area (Å²) in [5.41, 5.74) is 5.98. The molecule has 0 aliphatic heterocycles. The zero-order valence-corrected chi connectivity index (χ0v) is 13.9. The van der Waals surface area contributed by atoms with Gasteiger partial charge in [-0.25, -0.2) is 0 Å². The third-order valence-corrected chi connectivity index (χ3v) is 4.90. The Kier molecular flexibility index (Phi) is 7.01. The van der Waals surface area contributed by atoms with E-state index in [1.165, 1.54) is 12.8 Å². The molecule has 0 saturated heterocycles. The van der Waals surface area contributed by atoms with Gasteiger partial charge in [-0.05, 0) is 62.3 Å². The van der Waals surface area contributed by atoms with Crippen LogP contribution in [0.4, 0.5) is 0 Å². The third kappa shape index (κ3) is 5.82. The number of amides is 1. The van der Waals surface area contributed by atoms with Crippen LogP contribution in [-0.4, -0.2) is 19.0 Å². The zero-order chi connectivity index (χ0) is 15.2. The van der Waals surface area contributed by atoms with Crippen LogP contribution in [-0.2, 0) is 4.79 Å². The summed E-state index contributed by atoms with van der Waals surface area (Å²) in [6.07, 6.45) is 6.67. The number of hydrogen-bond acceptors (Lipinski definition) is 2. The SMILES string of the molecule is CC(CN)CCCNC(=O)C1CCC(C(C)(C)C)CC1. The summed E-state index contributed by atoms with van der Waals surface area (Å²) in [4.78, 5) is 12.1. The molecule has 0 radical (unpaired) electrons. The molecule has 1 atom stereocenters. The van der Waals surface area contributed by atoms with Gasteiger partial charge in [-0.3, -0.25) is 4.79 Å². The minimum absolute atomic E-state index is 0.250. The van der Waals surface area contributed by atoms with Crippen molar-refractivity contribution >= 4 is 5.91 Å². The van der Waals surface area contributed by atoms with Crippen LogP contribution < -0.4 is 11.1 Å². The Hall–Kier alpha value is -0.570. The average Bonchev–Trinajstić information content (AvgIpc) is 2.42. The fraction of sp³-hybridized carbons (Fsp3) is 0.941. The molecule has 118 valence electrons. The largest absolute Gasteiger partial charge is 0.356 e. The van der Waals surface area contributed by atoms with Crippen LogP contribution in [0.1, 0.15) is 66.2 Å². The van der Waals surface area contributed by atoms with Gasteiger partial charge < -0.3 is 11.1 Å². The van der Waals surface area contributed by atoms with Crippen LogP contribution in [0.25, 0.3) is 0 Å². The molecular weight excluding hydrogens is 248 g/mol. The van der Waals surface area contributed by atoms with Crippen LogP contribution in [0.3, 0.4) is 0 Å². The second-order valence-electron chi connectivity index (χ2n) is 7.69. The highest BCUT2D eigenvalue weighted by Gasteiger charge is 2.32. The lowest BCUT2D eigenvalue weighted by Crippen LogP contribution is -2.35. The molecule has 1 unspecified atom stereocenters. The van der Waals surface area contributed by atoms with E-state index in [4.69, 9.17) is 5.73 Å². The van der Waals surface area contributed by atoms with E-state index in [-0.39, 0.29) is 11.8 Å². The average molecular weight is 282 g/mol. The van der Waals surface area contributed by atoms with Gasteiger partial charge in [-0.2, -0.15) is 0 Å². The third-order valence-electron chi connectivity index (χ3n) is 4.90. The molecular formula is C17H34N2O. The van der Waals surface area contributed by atoms with Crippen molar-refractivity contribution in [2.24, 2.45) is 28.9 Å². The van der Waals surface area contributed by atoms with E-state index in [0.717, 1.165) is 44.7 Å². The van der Waals surface area contributed by atoms with Gasteiger partial charge in [0.15, 0.2) is 0 Å². The van der Waals surface area contributed by atoms with E-state index in [0.29, 0.717) is 11.3 Å². The molecule has 3 N–H and O–H groups in total. The minimum atomic E-state index is 0.250. The Morgan fingerprint density at radius 2 is 1.85 bits per heavy atom. The maximum absolute atomic E-state index is 12.1. The van der Waals surface area contributed by atoms with Gasteiger partial charge in [-0.15, -0.1) is 0 Å². The van der Waals surface area contributed by atoms with Crippen molar-refractivity contribution in [3.05, 3.63) is 0 Å². The molecule has 1 amide bonds. The first-order valence-electron chi connectivity index (χ1n) is 8.32. The Morgan fingerprint density at radius 3 is 2.35 bits per heavy atom. The molecule has 1 saturated carbocycles. The normalized spacial score (nSPS) is 25.2. The van der Waals surface area contributed by atoms with E-state index < -0.39 is 0 Å². The second kappa shape index (κ2) is 8.02. The molecule has 1 fully saturated rings. The number of carbonyl (C=O) groups excluding carboxylic acids is 1. The van der Waals surface area contributed by atoms with Crippen LogP contribution in [0.15, 0.2) is 0 Å². The Labute approximate surface area is 125 Å². The van der Waals surface area contributed by atoms with Gasteiger partial charge in [0.25, 0.3) is 0 Å². The summed E-state index contributed by atoms with van der Waals surface area (Å²) in [6.45, 7) is 10.7. The summed E-state index contributed by atoms with van der Waals surface area (Å²) in [7, 11) is 0. The summed E-state index contributed by atoms with van der Waals surface area (Å²) >= 11 is 0. The Bertz CT molecular complexity index is 288. The maximum Gasteiger partial charge on any atom is 0.223 e. The standard InChI is InChI=1S/C17H34N2O/c1-13(12-18)6-5-11-19-16(20)14-7-9-15(10-8-14)17(2,3)4/h13-15H,5-12,18H2,1-4H3,(H,19,20). The summed E-state index contributed by atoms with van der Waals surface area (Å²) in [5.74, 6) is 1.87.